The van der Waals surface area contributed by atoms with E-state index in [1.807, 2.05) is 18.2 Å². The van der Waals surface area contributed by atoms with E-state index >= 15 is 0 Å². The third-order valence-corrected chi connectivity index (χ3v) is 7.77. The molecular formula is C32H26F3N. The molecule has 0 saturated heterocycles. The Hall–Kier alpha value is -3.66. The van der Waals surface area contributed by atoms with Gasteiger partial charge < -0.3 is 0 Å². The molecule has 4 aliphatic rings. The standard InChI is InChI=1S/C20H17F3.C12H9N/c1-19-11-5-4-6-13(19)9-10-16-14-7-2-3-8-15(14)18(12-17(16)19)20(21,22)23;1-3-7-11-9(5-1)10-6-2-4-8-12(10)13-11/h2-3,6-10,12H,4-5,11H2,1H3;1-7H,8H2. The van der Waals surface area contributed by atoms with Gasteiger partial charge in [0, 0.05) is 23.0 Å². The summed E-state index contributed by atoms with van der Waals surface area (Å²) in [7, 11) is 0. The summed E-state index contributed by atoms with van der Waals surface area (Å²) >= 11 is 0. The van der Waals surface area contributed by atoms with Crippen LogP contribution in [0.3, 0.4) is 0 Å². The van der Waals surface area contributed by atoms with Crippen LogP contribution >= 0.6 is 0 Å². The molecule has 0 aromatic heterocycles. The lowest BCUT2D eigenvalue weighted by atomic mass is 9.64. The number of halogens is 3. The average molecular weight is 482 g/mol. The molecule has 0 N–H and O–H groups in total. The van der Waals surface area contributed by atoms with Crippen LogP contribution in [0.5, 0.6) is 0 Å². The van der Waals surface area contributed by atoms with Crippen LogP contribution in [0.4, 0.5) is 18.9 Å². The normalized spacial score (nSPS) is 21.3. The zero-order valence-corrected chi connectivity index (χ0v) is 20.1. The van der Waals surface area contributed by atoms with Crippen molar-refractivity contribution in [1.29, 1.82) is 0 Å². The Balaban J connectivity index is 0.000000155. The lowest BCUT2D eigenvalue weighted by molar-refractivity contribution is -0.136. The minimum Gasteiger partial charge on any atom is -0.252 e. The van der Waals surface area contributed by atoms with E-state index in [1.165, 1.54) is 22.9 Å². The van der Waals surface area contributed by atoms with Crippen LogP contribution in [0, 0.1) is 0 Å². The number of nitrogens with zero attached hydrogens (tertiary/aromatic N) is 1. The minimum absolute atomic E-state index is 0.287. The molecule has 7 rings (SSSR count). The van der Waals surface area contributed by atoms with Crippen molar-refractivity contribution < 1.29 is 13.2 Å². The Bertz CT molecular complexity index is 1530. The van der Waals surface area contributed by atoms with Gasteiger partial charge in [0.05, 0.1) is 17.0 Å². The van der Waals surface area contributed by atoms with Crippen molar-refractivity contribution in [3.63, 3.8) is 0 Å². The number of aliphatic imine (C=N–C) groups is 1. The van der Waals surface area contributed by atoms with E-state index in [-0.39, 0.29) is 10.8 Å². The molecule has 180 valence electrons. The maximum Gasteiger partial charge on any atom is 0.417 e. The number of benzene rings is 3. The third kappa shape index (κ3) is 3.67. The van der Waals surface area contributed by atoms with Gasteiger partial charge in [0.15, 0.2) is 0 Å². The number of allylic oxidation sites excluding steroid dienone is 7. The van der Waals surface area contributed by atoms with E-state index in [9.17, 15) is 13.2 Å². The molecule has 0 fully saturated rings. The number of fused-ring (bicyclic) bond motifs is 8. The highest BCUT2D eigenvalue weighted by molar-refractivity contribution is 6.30. The third-order valence-electron chi connectivity index (χ3n) is 7.77. The van der Waals surface area contributed by atoms with Gasteiger partial charge >= 0.3 is 6.18 Å². The molecule has 0 radical (unpaired) electrons. The molecule has 1 nitrogen and oxygen atoms in total. The Kier molecular flexibility index (Phi) is 5.36. The van der Waals surface area contributed by atoms with E-state index in [2.05, 4.69) is 60.5 Å². The molecule has 3 aromatic carbocycles. The zero-order chi connectivity index (χ0) is 24.9. The van der Waals surface area contributed by atoms with Gasteiger partial charge in [-0.3, -0.25) is 4.99 Å². The summed E-state index contributed by atoms with van der Waals surface area (Å²) in [6, 6.07) is 16.5. The Morgan fingerprint density at radius 1 is 0.944 bits per heavy atom. The minimum atomic E-state index is -4.34. The van der Waals surface area contributed by atoms with E-state index in [0.29, 0.717) is 5.39 Å². The first-order valence-electron chi connectivity index (χ1n) is 12.4. The van der Waals surface area contributed by atoms with Gasteiger partial charge in [0.2, 0.25) is 0 Å². The van der Waals surface area contributed by atoms with Gasteiger partial charge in [0.1, 0.15) is 0 Å². The highest BCUT2D eigenvalue weighted by atomic mass is 19.4. The van der Waals surface area contributed by atoms with Crippen molar-refractivity contribution >= 4 is 33.8 Å². The average Bonchev–Trinajstić information content (AvgIpc) is 3.26. The zero-order valence-electron chi connectivity index (χ0n) is 20.1. The number of hydrogen-bond donors (Lipinski definition) is 0. The van der Waals surface area contributed by atoms with Gasteiger partial charge in [-0.1, -0.05) is 85.8 Å². The van der Waals surface area contributed by atoms with Crippen LogP contribution in [0.25, 0.3) is 22.4 Å². The van der Waals surface area contributed by atoms with E-state index in [0.717, 1.165) is 48.1 Å². The predicted octanol–water partition coefficient (Wildman–Crippen LogP) is 9.37. The molecule has 0 bridgehead atoms. The van der Waals surface area contributed by atoms with Crippen molar-refractivity contribution in [2.45, 2.75) is 44.2 Å². The van der Waals surface area contributed by atoms with Crippen molar-refractivity contribution in [3.8, 4) is 0 Å². The SMILES string of the molecule is C1=CCC2=Nc3ccccc3C2=C1.CC12CCCC=C1C=Cc1c2cc(C(F)(F)F)c2ccccc12. The van der Waals surface area contributed by atoms with E-state index in [1.54, 1.807) is 18.2 Å². The van der Waals surface area contributed by atoms with Crippen molar-refractivity contribution in [3.05, 3.63) is 113 Å². The maximum atomic E-state index is 13.6. The lowest BCUT2D eigenvalue weighted by Gasteiger charge is -2.39. The Morgan fingerprint density at radius 2 is 1.72 bits per heavy atom. The van der Waals surface area contributed by atoms with Gasteiger partial charge in [-0.05, 0) is 58.9 Å². The first-order valence-corrected chi connectivity index (χ1v) is 12.4. The van der Waals surface area contributed by atoms with Gasteiger partial charge in [-0.15, -0.1) is 0 Å². The molecule has 36 heavy (non-hydrogen) atoms. The largest absolute Gasteiger partial charge is 0.417 e. The van der Waals surface area contributed by atoms with Crippen molar-refractivity contribution in [1.82, 2.24) is 0 Å². The smallest absolute Gasteiger partial charge is 0.252 e. The van der Waals surface area contributed by atoms with Gasteiger partial charge in [-0.25, -0.2) is 0 Å². The summed E-state index contributed by atoms with van der Waals surface area (Å²) in [5, 5.41) is 0.981. The second-order valence-corrected chi connectivity index (χ2v) is 9.93. The summed E-state index contributed by atoms with van der Waals surface area (Å²) in [5.41, 5.74) is 6.99. The molecule has 1 aliphatic heterocycles. The molecule has 1 atom stereocenters. The summed E-state index contributed by atoms with van der Waals surface area (Å²) in [4.78, 5) is 4.57. The first kappa shape index (κ1) is 22.8. The fraction of sp³-hybridized carbons (Fsp3) is 0.219. The monoisotopic (exact) mass is 481 g/mol. The van der Waals surface area contributed by atoms with Crippen LogP contribution in [0.15, 0.2) is 95.5 Å². The van der Waals surface area contributed by atoms with Gasteiger partial charge in [-0.2, -0.15) is 13.2 Å². The quantitative estimate of drug-likeness (QED) is 0.303. The van der Waals surface area contributed by atoms with Crippen LogP contribution < -0.4 is 0 Å². The lowest BCUT2D eigenvalue weighted by Crippen LogP contribution is -2.30. The number of alkyl halides is 3. The molecule has 1 heterocycles. The number of hydrogen-bond acceptors (Lipinski definition) is 1. The summed E-state index contributed by atoms with van der Waals surface area (Å²) < 4.78 is 40.8. The predicted molar refractivity (Wildman–Crippen MR) is 143 cm³/mol. The van der Waals surface area contributed by atoms with Crippen LogP contribution in [0.1, 0.15) is 54.9 Å². The Labute approximate surface area is 209 Å². The molecule has 3 aliphatic carbocycles. The highest BCUT2D eigenvalue weighted by Crippen LogP contribution is 2.49. The number of para-hydroxylation sites is 1. The second kappa shape index (κ2) is 8.48. The molecule has 0 spiro atoms. The number of rotatable bonds is 0. The fourth-order valence-electron chi connectivity index (χ4n) is 5.91. The highest BCUT2D eigenvalue weighted by Gasteiger charge is 2.40. The molecule has 3 aromatic rings. The van der Waals surface area contributed by atoms with Crippen LogP contribution in [-0.4, -0.2) is 5.71 Å². The molecule has 4 heteroatoms. The van der Waals surface area contributed by atoms with Crippen LogP contribution in [-0.2, 0) is 11.6 Å². The van der Waals surface area contributed by atoms with E-state index < -0.39 is 11.7 Å². The fourth-order valence-corrected chi connectivity index (χ4v) is 5.91. The van der Waals surface area contributed by atoms with Crippen LogP contribution in [0.2, 0.25) is 0 Å². The van der Waals surface area contributed by atoms with Crippen molar-refractivity contribution in [2.24, 2.45) is 4.99 Å². The summed E-state index contributed by atoms with van der Waals surface area (Å²) in [6.07, 6.45) is 12.2. The topological polar surface area (TPSA) is 12.4 Å². The summed E-state index contributed by atoms with van der Waals surface area (Å²) in [5.74, 6) is 0. The molecule has 0 saturated carbocycles. The first-order chi connectivity index (χ1) is 17.4. The van der Waals surface area contributed by atoms with Gasteiger partial charge in [0.25, 0.3) is 0 Å². The maximum absolute atomic E-state index is 13.6. The second-order valence-electron chi connectivity index (χ2n) is 9.93. The molecular weight excluding hydrogens is 455 g/mol. The molecule has 1 unspecified atom stereocenters. The Morgan fingerprint density at radius 3 is 2.56 bits per heavy atom. The molecule has 0 amide bonds. The van der Waals surface area contributed by atoms with Crippen molar-refractivity contribution in [2.75, 3.05) is 0 Å². The summed E-state index contributed by atoms with van der Waals surface area (Å²) in [6.45, 7) is 2.08. The van der Waals surface area contributed by atoms with E-state index in [4.69, 9.17) is 0 Å².